The van der Waals surface area contributed by atoms with Gasteiger partial charge >= 0.3 is 0 Å². The highest BCUT2D eigenvalue weighted by molar-refractivity contribution is 6.31. The first-order valence-electron chi connectivity index (χ1n) is 8.32. The summed E-state index contributed by atoms with van der Waals surface area (Å²) in [5.41, 5.74) is 2.65. The van der Waals surface area contributed by atoms with Gasteiger partial charge in [-0.2, -0.15) is 5.26 Å². The molecule has 6 nitrogen and oxygen atoms in total. The van der Waals surface area contributed by atoms with Crippen molar-refractivity contribution in [3.05, 3.63) is 88.2 Å². The molecule has 7 heteroatoms. The van der Waals surface area contributed by atoms with Crippen molar-refractivity contribution in [3.63, 3.8) is 0 Å². The Labute approximate surface area is 166 Å². The second-order valence-electron chi connectivity index (χ2n) is 5.96. The Hall–Kier alpha value is -3.69. The van der Waals surface area contributed by atoms with Crippen LogP contribution in [0, 0.1) is 18.3 Å². The summed E-state index contributed by atoms with van der Waals surface area (Å²) >= 11 is 5.97. The Bertz CT molecular complexity index is 1090. The second kappa shape index (κ2) is 8.33. The first kappa shape index (κ1) is 19.1. The van der Waals surface area contributed by atoms with Crippen molar-refractivity contribution in [3.8, 4) is 6.07 Å². The summed E-state index contributed by atoms with van der Waals surface area (Å²) in [6.07, 6.45) is 0. The van der Waals surface area contributed by atoms with Crippen LogP contribution >= 0.6 is 11.6 Å². The molecule has 0 spiro atoms. The average Bonchev–Trinajstić information content (AvgIpc) is 2.71. The molecule has 2 amide bonds. The van der Waals surface area contributed by atoms with Gasteiger partial charge in [0.1, 0.15) is 11.4 Å². The molecule has 0 aliphatic rings. The lowest BCUT2D eigenvalue weighted by Gasteiger charge is -2.09. The van der Waals surface area contributed by atoms with Gasteiger partial charge in [0, 0.05) is 16.4 Å². The number of pyridine rings is 1. The molecule has 0 bridgehead atoms. The van der Waals surface area contributed by atoms with Gasteiger partial charge in [0.25, 0.3) is 11.8 Å². The van der Waals surface area contributed by atoms with E-state index in [-0.39, 0.29) is 11.4 Å². The maximum atomic E-state index is 12.5. The monoisotopic (exact) mass is 390 g/mol. The third-order valence-corrected chi connectivity index (χ3v) is 4.17. The summed E-state index contributed by atoms with van der Waals surface area (Å²) in [7, 11) is 0. The Morgan fingerprint density at radius 1 is 0.964 bits per heavy atom. The van der Waals surface area contributed by atoms with E-state index < -0.39 is 11.8 Å². The van der Waals surface area contributed by atoms with Gasteiger partial charge in [-0.25, -0.2) is 4.98 Å². The zero-order valence-electron chi connectivity index (χ0n) is 14.9. The number of anilines is 2. The van der Waals surface area contributed by atoms with Gasteiger partial charge in [0.15, 0.2) is 0 Å². The predicted octanol–water partition coefficient (Wildman–Crippen LogP) is 4.42. The normalized spacial score (nSPS) is 10.0. The van der Waals surface area contributed by atoms with E-state index in [0.29, 0.717) is 22.0 Å². The lowest BCUT2D eigenvalue weighted by atomic mass is 10.2. The summed E-state index contributed by atoms with van der Waals surface area (Å²) in [5.74, 6) is -0.906. The summed E-state index contributed by atoms with van der Waals surface area (Å²) in [6.45, 7) is 1.85. The minimum absolute atomic E-state index is 0.0971. The number of amides is 2. The van der Waals surface area contributed by atoms with Crippen molar-refractivity contribution >= 4 is 34.8 Å². The SMILES string of the molecule is Cc1ccc(Cl)cc1NC(=O)c1cccc(C(=O)Nc2ccc(C#N)cc2)n1. The number of nitriles is 1. The highest BCUT2D eigenvalue weighted by Crippen LogP contribution is 2.20. The lowest BCUT2D eigenvalue weighted by Crippen LogP contribution is -2.18. The Morgan fingerprint density at radius 3 is 2.25 bits per heavy atom. The molecule has 0 unspecified atom stereocenters. The number of aromatic nitrogens is 1. The van der Waals surface area contributed by atoms with Crippen LogP contribution < -0.4 is 10.6 Å². The maximum absolute atomic E-state index is 12.5. The number of nitrogens with one attached hydrogen (secondary N) is 2. The minimum atomic E-state index is -0.460. The molecule has 0 atom stereocenters. The van der Waals surface area contributed by atoms with Crippen molar-refractivity contribution in [2.45, 2.75) is 6.92 Å². The molecule has 0 saturated carbocycles. The highest BCUT2D eigenvalue weighted by atomic mass is 35.5. The molecule has 0 aliphatic heterocycles. The van der Waals surface area contributed by atoms with Crippen LogP contribution in [-0.2, 0) is 0 Å². The van der Waals surface area contributed by atoms with Crippen LogP contribution in [0.3, 0.4) is 0 Å². The van der Waals surface area contributed by atoms with Gasteiger partial charge in [-0.05, 0) is 61.0 Å². The summed E-state index contributed by atoms with van der Waals surface area (Å²) in [4.78, 5) is 29.1. The highest BCUT2D eigenvalue weighted by Gasteiger charge is 2.14. The molecule has 0 saturated heterocycles. The van der Waals surface area contributed by atoms with Crippen molar-refractivity contribution in [1.29, 1.82) is 5.26 Å². The van der Waals surface area contributed by atoms with E-state index in [0.717, 1.165) is 5.56 Å². The van der Waals surface area contributed by atoms with Gasteiger partial charge in [0.05, 0.1) is 11.6 Å². The molecule has 0 radical (unpaired) electrons. The van der Waals surface area contributed by atoms with E-state index >= 15 is 0 Å². The smallest absolute Gasteiger partial charge is 0.274 e. The number of carbonyl (C=O) groups excluding carboxylic acids is 2. The first-order chi connectivity index (χ1) is 13.5. The summed E-state index contributed by atoms with van der Waals surface area (Å²) < 4.78 is 0. The molecule has 2 aromatic carbocycles. The van der Waals surface area contributed by atoms with E-state index in [2.05, 4.69) is 15.6 Å². The number of hydrogen-bond donors (Lipinski definition) is 2. The third-order valence-electron chi connectivity index (χ3n) is 3.93. The number of hydrogen-bond acceptors (Lipinski definition) is 4. The van der Waals surface area contributed by atoms with Gasteiger partial charge in [-0.3, -0.25) is 9.59 Å². The van der Waals surface area contributed by atoms with Crippen molar-refractivity contribution in [2.75, 3.05) is 10.6 Å². The van der Waals surface area contributed by atoms with E-state index in [1.165, 1.54) is 12.1 Å². The van der Waals surface area contributed by atoms with Crippen LogP contribution in [0.4, 0.5) is 11.4 Å². The number of rotatable bonds is 4. The van der Waals surface area contributed by atoms with Gasteiger partial charge < -0.3 is 10.6 Å². The molecule has 1 heterocycles. The van der Waals surface area contributed by atoms with Crippen LogP contribution in [0.2, 0.25) is 5.02 Å². The van der Waals surface area contributed by atoms with Crippen LogP contribution in [0.25, 0.3) is 0 Å². The van der Waals surface area contributed by atoms with E-state index in [4.69, 9.17) is 16.9 Å². The van der Waals surface area contributed by atoms with Crippen LogP contribution in [0.15, 0.2) is 60.7 Å². The first-order valence-corrected chi connectivity index (χ1v) is 8.70. The topological polar surface area (TPSA) is 94.9 Å². The average molecular weight is 391 g/mol. The fourth-order valence-corrected chi connectivity index (χ4v) is 2.60. The predicted molar refractivity (Wildman–Crippen MR) is 107 cm³/mol. The van der Waals surface area contributed by atoms with E-state index in [1.807, 2.05) is 13.0 Å². The standard InChI is InChI=1S/C21H15ClN4O2/c1-13-5-8-15(22)11-19(13)26-21(28)18-4-2-3-17(25-18)20(27)24-16-9-6-14(12-23)7-10-16/h2-11H,1H3,(H,24,27)(H,26,28). The van der Waals surface area contributed by atoms with E-state index in [1.54, 1.807) is 48.5 Å². The zero-order chi connectivity index (χ0) is 20.1. The van der Waals surface area contributed by atoms with Crippen LogP contribution in [-0.4, -0.2) is 16.8 Å². The number of halogens is 1. The minimum Gasteiger partial charge on any atom is -0.321 e. The zero-order valence-corrected chi connectivity index (χ0v) is 15.6. The summed E-state index contributed by atoms with van der Waals surface area (Å²) in [5, 5.41) is 14.8. The Balaban J connectivity index is 1.75. The molecule has 0 fully saturated rings. The molecule has 28 heavy (non-hydrogen) atoms. The van der Waals surface area contributed by atoms with Crippen LogP contribution in [0.5, 0.6) is 0 Å². The van der Waals surface area contributed by atoms with Crippen molar-refractivity contribution in [1.82, 2.24) is 4.98 Å². The number of aryl methyl sites for hydroxylation is 1. The molecule has 3 aromatic rings. The number of carbonyl (C=O) groups is 2. The largest absolute Gasteiger partial charge is 0.321 e. The molecule has 3 rings (SSSR count). The van der Waals surface area contributed by atoms with Gasteiger partial charge in [-0.15, -0.1) is 0 Å². The second-order valence-corrected chi connectivity index (χ2v) is 6.40. The molecular formula is C21H15ClN4O2. The third kappa shape index (κ3) is 4.53. The Kier molecular flexibility index (Phi) is 5.68. The fraction of sp³-hybridized carbons (Fsp3) is 0.0476. The molecule has 138 valence electrons. The van der Waals surface area contributed by atoms with Crippen molar-refractivity contribution in [2.24, 2.45) is 0 Å². The quantitative estimate of drug-likeness (QED) is 0.689. The maximum Gasteiger partial charge on any atom is 0.274 e. The Morgan fingerprint density at radius 2 is 1.61 bits per heavy atom. The van der Waals surface area contributed by atoms with Crippen molar-refractivity contribution < 1.29 is 9.59 Å². The van der Waals surface area contributed by atoms with Crippen LogP contribution in [0.1, 0.15) is 32.1 Å². The van der Waals surface area contributed by atoms with Gasteiger partial charge in [0.2, 0.25) is 0 Å². The molecule has 2 N–H and O–H groups in total. The fourth-order valence-electron chi connectivity index (χ4n) is 2.43. The lowest BCUT2D eigenvalue weighted by molar-refractivity contribution is 0.101. The molecular weight excluding hydrogens is 376 g/mol. The van der Waals surface area contributed by atoms with E-state index in [9.17, 15) is 9.59 Å². The van der Waals surface area contributed by atoms with Gasteiger partial charge in [-0.1, -0.05) is 23.7 Å². The number of benzene rings is 2. The molecule has 0 aliphatic carbocycles. The summed E-state index contributed by atoms with van der Waals surface area (Å²) in [6, 6.07) is 18.2. The number of nitrogens with zero attached hydrogens (tertiary/aromatic N) is 2. The molecule has 1 aromatic heterocycles.